The van der Waals surface area contributed by atoms with Crippen LogP contribution in [0.2, 0.25) is 0 Å². The fourth-order valence-electron chi connectivity index (χ4n) is 3.41. The van der Waals surface area contributed by atoms with Crippen LogP contribution in [0.25, 0.3) is 16.6 Å². The Morgan fingerprint density at radius 1 is 1.14 bits per heavy atom. The summed E-state index contributed by atoms with van der Waals surface area (Å²) in [5, 5.41) is 14.8. The standard InChI is InChI=1S/C26H24N4O4S/c1-16-8-11-19(12-9-16)30-25(33)20-6-4-5-7-21(20)27-26(30)35-15-24(32)29-28-17(2)18-10-13-22(31)23(14-18)34-3/h4-14,31H,15H2,1-3H3,(H,29,32). The third kappa shape index (κ3) is 5.36. The largest absolute Gasteiger partial charge is 0.504 e. The summed E-state index contributed by atoms with van der Waals surface area (Å²) in [6, 6.07) is 19.5. The minimum atomic E-state index is -0.349. The molecule has 0 aliphatic heterocycles. The number of nitrogens with zero attached hydrogens (tertiary/aromatic N) is 3. The number of ether oxygens (including phenoxy) is 1. The highest BCUT2D eigenvalue weighted by atomic mass is 32.2. The first-order valence-electron chi connectivity index (χ1n) is 10.8. The van der Waals surface area contributed by atoms with Crippen LogP contribution in [0.4, 0.5) is 0 Å². The van der Waals surface area contributed by atoms with E-state index in [1.165, 1.54) is 17.7 Å². The number of phenols is 1. The molecule has 1 amide bonds. The van der Waals surface area contributed by atoms with Crippen LogP contribution < -0.4 is 15.7 Å². The molecule has 3 aromatic carbocycles. The van der Waals surface area contributed by atoms with Gasteiger partial charge in [0.15, 0.2) is 16.7 Å². The summed E-state index contributed by atoms with van der Waals surface area (Å²) in [7, 11) is 1.46. The van der Waals surface area contributed by atoms with Gasteiger partial charge < -0.3 is 9.84 Å². The molecule has 0 saturated carbocycles. The Morgan fingerprint density at radius 2 is 1.89 bits per heavy atom. The zero-order valence-electron chi connectivity index (χ0n) is 19.5. The molecule has 2 N–H and O–H groups in total. The Bertz CT molecular complexity index is 1480. The molecule has 8 nitrogen and oxygen atoms in total. The van der Waals surface area contributed by atoms with E-state index in [4.69, 9.17) is 4.74 Å². The number of benzene rings is 3. The summed E-state index contributed by atoms with van der Waals surface area (Å²) in [4.78, 5) is 30.5. The molecule has 1 aromatic heterocycles. The number of nitrogens with one attached hydrogen (secondary N) is 1. The van der Waals surface area contributed by atoms with Crippen LogP contribution in [-0.4, -0.2) is 39.1 Å². The lowest BCUT2D eigenvalue weighted by Crippen LogP contribution is -2.24. The first-order chi connectivity index (χ1) is 16.9. The number of methoxy groups -OCH3 is 1. The van der Waals surface area contributed by atoms with Gasteiger partial charge in [0.25, 0.3) is 11.5 Å². The number of carbonyl (C=O) groups excluding carboxylic acids is 1. The topological polar surface area (TPSA) is 106 Å². The van der Waals surface area contributed by atoms with E-state index >= 15 is 0 Å². The van der Waals surface area contributed by atoms with Crippen molar-refractivity contribution in [2.45, 2.75) is 19.0 Å². The van der Waals surface area contributed by atoms with Gasteiger partial charge in [0.2, 0.25) is 0 Å². The van der Waals surface area contributed by atoms with Gasteiger partial charge in [-0.2, -0.15) is 5.10 Å². The monoisotopic (exact) mass is 488 g/mol. The predicted molar refractivity (Wildman–Crippen MR) is 138 cm³/mol. The number of hydrogen-bond donors (Lipinski definition) is 2. The highest BCUT2D eigenvalue weighted by molar-refractivity contribution is 7.99. The average molecular weight is 489 g/mol. The molecule has 0 saturated heterocycles. The van der Waals surface area contributed by atoms with Crippen molar-refractivity contribution >= 4 is 34.3 Å². The fourth-order valence-corrected chi connectivity index (χ4v) is 4.21. The molecule has 0 fully saturated rings. The number of para-hydroxylation sites is 1. The van der Waals surface area contributed by atoms with Crippen LogP contribution >= 0.6 is 11.8 Å². The fraction of sp³-hybridized carbons (Fsp3) is 0.154. The van der Waals surface area contributed by atoms with Gasteiger partial charge in [0.1, 0.15) is 0 Å². The summed E-state index contributed by atoms with van der Waals surface area (Å²) in [6.45, 7) is 3.71. The Hall–Kier alpha value is -4.11. The van der Waals surface area contributed by atoms with E-state index in [-0.39, 0.29) is 23.0 Å². The number of amides is 1. The molecule has 4 aromatic rings. The molecule has 0 aliphatic carbocycles. The molecular weight excluding hydrogens is 464 g/mol. The van der Waals surface area contributed by atoms with Gasteiger partial charge in [-0.1, -0.05) is 41.6 Å². The number of fused-ring (bicyclic) bond motifs is 1. The predicted octanol–water partition coefficient (Wildman–Crippen LogP) is 4.04. The van der Waals surface area contributed by atoms with Gasteiger partial charge in [0, 0.05) is 5.56 Å². The first kappa shape index (κ1) is 24.0. The lowest BCUT2D eigenvalue weighted by molar-refractivity contribution is -0.118. The quantitative estimate of drug-likeness (QED) is 0.176. The maximum Gasteiger partial charge on any atom is 0.266 e. The summed E-state index contributed by atoms with van der Waals surface area (Å²) < 4.78 is 6.64. The van der Waals surface area contributed by atoms with Gasteiger partial charge >= 0.3 is 0 Å². The Kier molecular flexibility index (Phi) is 7.17. The summed E-state index contributed by atoms with van der Waals surface area (Å²) in [6.07, 6.45) is 0. The molecule has 1 heterocycles. The Morgan fingerprint density at radius 3 is 2.63 bits per heavy atom. The molecular formula is C26H24N4O4S. The van der Waals surface area contributed by atoms with E-state index in [9.17, 15) is 14.7 Å². The number of aryl methyl sites for hydroxylation is 1. The Labute approximate surface area is 206 Å². The van der Waals surface area contributed by atoms with Gasteiger partial charge in [-0.25, -0.2) is 10.4 Å². The second kappa shape index (κ2) is 10.4. The van der Waals surface area contributed by atoms with Crippen LogP contribution in [0, 0.1) is 6.92 Å². The van der Waals surface area contributed by atoms with Gasteiger partial charge in [-0.05, 0) is 56.3 Å². The second-order valence-corrected chi connectivity index (χ2v) is 8.74. The zero-order chi connectivity index (χ0) is 24.9. The third-order valence-corrected chi connectivity index (χ3v) is 6.25. The lowest BCUT2D eigenvalue weighted by Gasteiger charge is -2.13. The summed E-state index contributed by atoms with van der Waals surface area (Å²) in [5.41, 5.74) is 5.89. The van der Waals surface area contributed by atoms with E-state index < -0.39 is 0 Å². The van der Waals surface area contributed by atoms with Crippen LogP contribution in [-0.2, 0) is 4.79 Å². The van der Waals surface area contributed by atoms with E-state index in [1.807, 2.05) is 37.3 Å². The highest BCUT2D eigenvalue weighted by Gasteiger charge is 2.15. The highest BCUT2D eigenvalue weighted by Crippen LogP contribution is 2.26. The van der Waals surface area contributed by atoms with Crippen molar-refractivity contribution in [3.63, 3.8) is 0 Å². The summed E-state index contributed by atoms with van der Waals surface area (Å²) in [5.74, 6) is -0.00730. The number of aromatic nitrogens is 2. The van der Waals surface area contributed by atoms with Crippen LogP contribution in [0.5, 0.6) is 11.5 Å². The molecule has 0 atom stereocenters. The number of aromatic hydroxyl groups is 1. The van der Waals surface area contributed by atoms with Crippen molar-refractivity contribution in [1.82, 2.24) is 15.0 Å². The van der Waals surface area contributed by atoms with Crippen molar-refractivity contribution in [3.8, 4) is 17.2 Å². The molecule has 0 spiro atoms. The van der Waals surface area contributed by atoms with Crippen molar-refractivity contribution in [3.05, 3.63) is 88.2 Å². The first-order valence-corrected chi connectivity index (χ1v) is 11.8. The van der Waals surface area contributed by atoms with Crippen molar-refractivity contribution in [1.29, 1.82) is 0 Å². The van der Waals surface area contributed by atoms with Crippen molar-refractivity contribution in [2.24, 2.45) is 5.10 Å². The van der Waals surface area contributed by atoms with E-state index in [0.29, 0.717) is 38.8 Å². The van der Waals surface area contributed by atoms with Crippen molar-refractivity contribution < 1.29 is 14.6 Å². The zero-order valence-corrected chi connectivity index (χ0v) is 20.3. The number of hydrazone groups is 1. The SMILES string of the molecule is COc1cc(C(C)=NNC(=O)CSc2nc3ccccc3c(=O)n2-c2ccc(C)cc2)ccc1O. The maximum absolute atomic E-state index is 13.3. The average Bonchev–Trinajstić information content (AvgIpc) is 2.87. The van der Waals surface area contributed by atoms with Crippen LogP contribution in [0.1, 0.15) is 18.1 Å². The maximum atomic E-state index is 13.3. The molecule has 4 rings (SSSR count). The minimum Gasteiger partial charge on any atom is -0.504 e. The van der Waals surface area contributed by atoms with Crippen LogP contribution in [0.3, 0.4) is 0 Å². The van der Waals surface area contributed by atoms with Crippen molar-refractivity contribution in [2.75, 3.05) is 12.9 Å². The Balaban J connectivity index is 1.56. The number of phenolic OH excluding ortho intramolecular Hbond substituents is 1. The smallest absolute Gasteiger partial charge is 0.266 e. The molecule has 9 heteroatoms. The number of carbonyl (C=O) groups is 1. The van der Waals surface area contributed by atoms with E-state index in [2.05, 4.69) is 15.5 Å². The molecule has 0 unspecified atom stereocenters. The molecule has 0 radical (unpaired) electrons. The number of thioether (sulfide) groups is 1. The van der Waals surface area contributed by atoms with E-state index in [1.54, 1.807) is 37.3 Å². The minimum absolute atomic E-state index is 0.00627. The molecule has 35 heavy (non-hydrogen) atoms. The summed E-state index contributed by atoms with van der Waals surface area (Å²) >= 11 is 1.16. The van der Waals surface area contributed by atoms with E-state index in [0.717, 1.165) is 17.3 Å². The van der Waals surface area contributed by atoms with Gasteiger partial charge in [0.05, 0.1) is 35.2 Å². The normalized spacial score (nSPS) is 11.5. The molecule has 0 bridgehead atoms. The second-order valence-electron chi connectivity index (χ2n) is 7.80. The lowest BCUT2D eigenvalue weighted by atomic mass is 10.1. The molecule has 0 aliphatic rings. The van der Waals surface area contributed by atoms with Gasteiger partial charge in [-0.3, -0.25) is 14.2 Å². The number of rotatable bonds is 7. The molecule has 178 valence electrons. The number of hydrogen-bond acceptors (Lipinski definition) is 7. The third-order valence-electron chi connectivity index (χ3n) is 5.32. The van der Waals surface area contributed by atoms with Gasteiger partial charge in [-0.15, -0.1) is 0 Å². The van der Waals surface area contributed by atoms with Crippen LogP contribution in [0.15, 0.2) is 81.8 Å².